The molecule has 1 aromatic rings. The monoisotopic (exact) mass is 265 g/mol. The molecular weight excluding hydrogens is 250 g/mol. The van der Waals surface area contributed by atoms with Crippen LogP contribution in [0.4, 0.5) is 0 Å². The topological polar surface area (TPSA) is 49.3 Å². The molecule has 2 fully saturated rings. The number of carbonyl (C=O) groups excluding carboxylic acids is 1. The van der Waals surface area contributed by atoms with Crippen molar-refractivity contribution >= 4 is 17.5 Å². The van der Waals surface area contributed by atoms with E-state index in [-0.39, 0.29) is 11.7 Å². The van der Waals surface area contributed by atoms with Crippen molar-refractivity contribution in [2.24, 2.45) is 11.8 Å². The maximum Gasteiger partial charge on any atom is 0.255 e. The number of hydrogen-bond donors (Lipinski definition) is 2. The molecule has 96 valence electrons. The van der Waals surface area contributed by atoms with Crippen molar-refractivity contribution in [1.82, 2.24) is 5.32 Å². The average molecular weight is 266 g/mol. The molecule has 2 aliphatic rings. The van der Waals surface area contributed by atoms with Gasteiger partial charge in [-0.15, -0.1) is 0 Å². The van der Waals surface area contributed by atoms with E-state index in [0.717, 1.165) is 0 Å². The third kappa shape index (κ3) is 2.46. The second-order valence-electron chi connectivity index (χ2n) is 5.34. The van der Waals surface area contributed by atoms with Crippen molar-refractivity contribution < 1.29 is 9.90 Å². The highest BCUT2D eigenvalue weighted by Gasteiger charge is 2.42. The normalized spacial score (nSPS) is 19.0. The van der Waals surface area contributed by atoms with Crippen LogP contribution in [0, 0.1) is 11.8 Å². The van der Waals surface area contributed by atoms with Crippen molar-refractivity contribution in [3.8, 4) is 5.75 Å². The zero-order chi connectivity index (χ0) is 12.7. The van der Waals surface area contributed by atoms with E-state index in [4.69, 9.17) is 11.6 Å². The number of phenolic OH excluding ortho intramolecular Hbond substituents is 1. The molecule has 0 aliphatic heterocycles. The molecule has 1 amide bonds. The Kier molecular flexibility index (Phi) is 2.94. The molecule has 1 aromatic carbocycles. The predicted molar refractivity (Wildman–Crippen MR) is 69.8 cm³/mol. The van der Waals surface area contributed by atoms with Gasteiger partial charge in [-0.1, -0.05) is 11.6 Å². The lowest BCUT2D eigenvalue weighted by Gasteiger charge is -2.18. The van der Waals surface area contributed by atoms with Gasteiger partial charge in [-0.05, 0) is 55.7 Å². The van der Waals surface area contributed by atoms with Crippen LogP contribution in [0.15, 0.2) is 18.2 Å². The first-order valence-corrected chi connectivity index (χ1v) is 6.82. The molecule has 2 saturated carbocycles. The van der Waals surface area contributed by atoms with E-state index in [0.29, 0.717) is 28.5 Å². The third-order valence-corrected chi connectivity index (χ3v) is 4.00. The van der Waals surface area contributed by atoms with Gasteiger partial charge in [-0.25, -0.2) is 0 Å². The van der Waals surface area contributed by atoms with E-state index in [9.17, 15) is 9.90 Å². The maximum atomic E-state index is 12.1. The van der Waals surface area contributed by atoms with Gasteiger partial charge in [-0.3, -0.25) is 4.79 Å². The standard InChI is InChI=1S/C14H16ClNO2/c15-10-5-6-11(12(17)7-10)14(18)16-13(8-1-2-8)9-3-4-9/h5-9,13,17H,1-4H2,(H,16,18). The molecule has 3 rings (SSSR count). The summed E-state index contributed by atoms with van der Waals surface area (Å²) in [4.78, 5) is 12.1. The molecule has 2 N–H and O–H groups in total. The van der Waals surface area contributed by atoms with Crippen molar-refractivity contribution in [2.75, 3.05) is 0 Å². The van der Waals surface area contributed by atoms with Gasteiger partial charge in [0.1, 0.15) is 5.75 Å². The first-order chi connectivity index (χ1) is 8.65. The number of carbonyl (C=O) groups is 1. The van der Waals surface area contributed by atoms with E-state index in [2.05, 4.69) is 5.32 Å². The Bertz CT molecular complexity index is 469. The molecule has 3 nitrogen and oxygen atoms in total. The fraction of sp³-hybridized carbons (Fsp3) is 0.500. The third-order valence-electron chi connectivity index (χ3n) is 3.76. The summed E-state index contributed by atoms with van der Waals surface area (Å²) in [6.07, 6.45) is 4.87. The first-order valence-electron chi connectivity index (χ1n) is 6.44. The number of phenols is 1. The van der Waals surface area contributed by atoms with Gasteiger partial charge in [0.05, 0.1) is 5.56 Å². The lowest BCUT2D eigenvalue weighted by atomic mass is 10.1. The van der Waals surface area contributed by atoms with Crippen molar-refractivity contribution in [3.63, 3.8) is 0 Å². The number of rotatable bonds is 4. The minimum absolute atomic E-state index is 0.0506. The van der Waals surface area contributed by atoms with Gasteiger partial charge >= 0.3 is 0 Å². The molecule has 0 heterocycles. The summed E-state index contributed by atoms with van der Waals surface area (Å²) in [5.74, 6) is 1.06. The lowest BCUT2D eigenvalue weighted by molar-refractivity contribution is 0.0923. The van der Waals surface area contributed by atoms with E-state index < -0.39 is 0 Å². The molecule has 0 radical (unpaired) electrons. The number of amides is 1. The van der Waals surface area contributed by atoms with Gasteiger partial charge in [0, 0.05) is 11.1 Å². The SMILES string of the molecule is O=C(NC(C1CC1)C1CC1)c1ccc(Cl)cc1O. The second-order valence-corrected chi connectivity index (χ2v) is 5.77. The Morgan fingerprint density at radius 3 is 2.39 bits per heavy atom. The summed E-state index contributed by atoms with van der Waals surface area (Å²) in [5, 5.41) is 13.2. The largest absolute Gasteiger partial charge is 0.507 e. The number of hydrogen-bond acceptors (Lipinski definition) is 2. The number of nitrogens with one attached hydrogen (secondary N) is 1. The van der Waals surface area contributed by atoms with E-state index in [1.54, 1.807) is 12.1 Å². The fourth-order valence-corrected chi connectivity index (χ4v) is 2.62. The molecule has 0 bridgehead atoms. The Labute approximate surface area is 111 Å². The van der Waals surface area contributed by atoms with E-state index in [1.165, 1.54) is 31.7 Å². The highest BCUT2D eigenvalue weighted by atomic mass is 35.5. The van der Waals surface area contributed by atoms with Gasteiger partial charge in [0.25, 0.3) is 5.91 Å². The van der Waals surface area contributed by atoms with E-state index in [1.807, 2.05) is 0 Å². The predicted octanol–water partition coefficient (Wildman–Crippen LogP) is 2.96. The molecule has 4 heteroatoms. The molecule has 0 saturated heterocycles. The molecule has 0 spiro atoms. The molecule has 2 aliphatic carbocycles. The molecular formula is C14H16ClNO2. The first kappa shape index (κ1) is 11.8. The molecule has 0 aromatic heterocycles. The van der Waals surface area contributed by atoms with Gasteiger partial charge in [0.2, 0.25) is 0 Å². The summed E-state index contributed by atoms with van der Waals surface area (Å²) in [7, 11) is 0. The van der Waals surface area contributed by atoms with Crippen LogP contribution < -0.4 is 5.32 Å². The van der Waals surface area contributed by atoms with Crippen LogP contribution in [0.2, 0.25) is 5.02 Å². The summed E-state index contributed by atoms with van der Waals surface area (Å²) < 4.78 is 0. The van der Waals surface area contributed by atoms with Crippen LogP contribution >= 0.6 is 11.6 Å². The minimum Gasteiger partial charge on any atom is -0.507 e. The van der Waals surface area contributed by atoms with Crippen LogP contribution in [0.25, 0.3) is 0 Å². The zero-order valence-electron chi connectivity index (χ0n) is 10.0. The molecule has 18 heavy (non-hydrogen) atoms. The summed E-state index contributed by atoms with van der Waals surface area (Å²) in [6.45, 7) is 0. The van der Waals surface area contributed by atoms with Gasteiger partial charge in [-0.2, -0.15) is 0 Å². The number of halogens is 1. The van der Waals surface area contributed by atoms with Crippen molar-refractivity contribution in [3.05, 3.63) is 28.8 Å². The highest BCUT2D eigenvalue weighted by molar-refractivity contribution is 6.30. The Hall–Kier alpha value is -1.22. The van der Waals surface area contributed by atoms with Crippen molar-refractivity contribution in [2.45, 2.75) is 31.7 Å². The second kappa shape index (κ2) is 4.47. The van der Waals surface area contributed by atoms with Crippen LogP contribution in [0.3, 0.4) is 0 Å². The maximum absolute atomic E-state index is 12.1. The fourth-order valence-electron chi connectivity index (χ4n) is 2.46. The van der Waals surface area contributed by atoms with E-state index >= 15 is 0 Å². The Morgan fingerprint density at radius 1 is 1.28 bits per heavy atom. The number of benzene rings is 1. The summed E-state index contributed by atoms with van der Waals surface area (Å²) >= 11 is 5.76. The minimum atomic E-state index is -0.187. The Balaban J connectivity index is 1.73. The van der Waals surface area contributed by atoms with Gasteiger partial charge in [0.15, 0.2) is 0 Å². The van der Waals surface area contributed by atoms with Crippen molar-refractivity contribution in [1.29, 1.82) is 0 Å². The molecule has 0 unspecified atom stereocenters. The van der Waals surface area contributed by atoms with Crippen LogP contribution in [0.5, 0.6) is 5.75 Å². The highest BCUT2D eigenvalue weighted by Crippen LogP contribution is 2.44. The summed E-state index contributed by atoms with van der Waals surface area (Å²) in [6, 6.07) is 4.90. The van der Waals surface area contributed by atoms with Crippen LogP contribution in [-0.2, 0) is 0 Å². The zero-order valence-corrected chi connectivity index (χ0v) is 10.8. The molecule has 0 atom stereocenters. The lowest BCUT2D eigenvalue weighted by Crippen LogP contribution is -2.38. The smallest absolute Gasteiger partial charge is 0.255 e. The summed E-state index contributed by atoms with van der Waals surface area (Å²) in [5.41, 5.74) is 0.311. The van der Waals surface area contributed by atoms with Crippen LogP contribution in [0.1, 0.15) is 36.0 Å². The Morgan fingerprint density at radius 2 is 1.89 bits per heavy atom. The quantitative estimate of drug-likeness (QED) is 0.879. The van der Waals surface area contributed by atoms with Crippen LogP contribution in [-0.4, -0.2) is 17.1 Å². The number of aromatic hydroxyl groups is 1. The average Bonchev–Trinajstić information content (AvgIpc) is 3.17. The van der Waals surface area contributed by atoms with Gasteiger partial charge < -0.3 is 10.4 Å².